The van der Waals surface area contributed by atoms with Gasteiger partial charge in [0.15, 0.2) is 0 Å². The number of morpholine rings is 1. The normalized spacial score (nSPS) is 14.5. The quantitative estimate of drug-likeness (QED) is 0.536. The molecule has 2 aromatic heterocycles. The summed E-state index contributed by atoms with van der Waals surface area (Å²) in [4.78, 5) is 37.5. The minimum atomic E-state index is -1.07. The summed E-state index contributed by atoms with van der Waals surface area (Å²) in [5.74, 6) is -1.33. The van der Waals surface area contributed by atoms with E-state index < -0.39 is 5.97 Å². The predicted molar refractivity (Wildman–Crippen MR) is 111 cm³/mol. The van der Waals surface area contributed by atoms with Crippen molar-refractivity contribution in [2.75, 3.05) is 38.2 Å². The van der Waals surface area contributed by atoms with Gasteiger partial charge in [0, 0.05) is 42.7 Å². The lowest BCUT2D eigenvalue weighted by molar-refractivity contribution is -0.113. The molecule has 1 aromatic carbocycles. The second kappa shape index (κ2) is 8.44. The third-order valence-corrected chi connectivity index (χ3v) is 4.93. The zero-order valence-corrected chi connectivity index (χ0v) is 16.2. The van der Waals surface area contributed by atoms with E-state index in [1.165, 1.54) is 12.5 Å². The molecule has 154 valence electrons. The molecule has 0 radical (unpaired) electrons. The Morgan fingerprint density at radius 1 is 1.27 bits per heavy atom. The van der Waals surface area contributed by atoms with Crippen LogP contribution in [0.15, 0.2) is 48.9 Å². The molecule has 0 spiro atoms. The highest BCUT2D eigenvalue weighted by Gasteiger charge is 2.18. The number of aromatic amines is 1. The van der Waals surface area contributed by atoms with Gasteiger partial charge in [0.05, 0.1) is 29.9 Å². The van der Waals surface area contributed by atoms with Gasteiger partial charge >= 0.3 is 5.97 Å². The molecule has 9 nitrogen and oxygen atoms in total. The minimum Gasteiger partial charge on any atom is -0.478 e. The van der Waals surface area contributed by atoms with Crippen molar-refractivity contribution in [2.45, 2.75) is 0 Å². The smallest absolute Gasteiger partial charge is 0.338 e. The first kappa shape index (κ1) is 19.7. The van der Waals surface area contributed by atoms with Crippen molar-refractivity contribution < 1.29 is 19.4 Å². The van der Waals surface area contributed by atoms with Gasteiger partial charge < -0.3 is 20.1 Å². The van der Waals surface area contributed by atoms with Gasteiger partial charge in [0.1, 0.15) is 12.0 Å². The number of benzene rings is 1. The molecule has 3 aromatic rings. The van der Waals surface area contributed by atoms with E-state index in [2.05, 4.69) is 31.7 Å². The van der Waals surface area contributed by atoms with Crippen molar-refractivity contribution >= 4 is 28.6 Å². The van der Waals surface area contributed by atoms with Crippen molar-refractivity contribution in [3.63, 3.8) is 0 Å². The lowest BCUT2D eigenvalue weighted by Gasteiger charge is -2.26. The van der Waals surface area contributed by atoms with Crippen LogP contribution in [-0.2, 0) is 9.53 Å². The number of anilines is 1. The first-order valence-electron chi connectivity index (χ1n) is 9.48. The van der Waals surface area contributed by atoms with Crippen LogP contribution < -0.4 is 5.32 Å². The number of fused-ring (bicyclic) bond motifs is 1. The SMILES string of the molecule is C=C(CN1CCOCC1)C(=O)Nc1cccc(-c2ncnc3[nH]cc(C(=O)O)c23)c1. The second-order valence-electron chi connectivity index (χ2n) is 6.98. The number of carbonyl (C=O) groups is 2. The fourth-order valence-corrected chi connectivity index (χ4v) is 3.42. The summed E-state index contributed by atoms with van der Waals surface area (Å²) in [6.07, 6.45) is 2.77. The molecule has 0 unspecified atom stereocenters. The first-order chi connectivity index (χ1) is 14.5. The van der Waals surface area contributed by atoms with Crippen LogP contribution in [0.5, 0.6) is 0 Å². The van der Waals surface area contributed by atoms with Gasteiger partial charge in [-0.15, -0.1) is 0 Å². The van der Waals surface area contributed by atoms with Gasteiger partial charge in [-0.3, -0.25) is 9.69 Å². The highest BCUT2D eigenvalue weighted by molar-refractivity contribution is 6.08. The van der Waals surface area contributed by atoms with Crippen LogP contribution in [0, 0.1) is 0 Å². The van der Waals surface area contributed by atoms with E-state index >= 15 is 0 Å². The number of nitrogens with zero attached hydrogens (tertiary/aromatic N) is 3. The largest absolute Gasteiger partial charge is 0.478 e. The number of carbonyl (C=O) groups excluding carboxylic acids is 1. The number of hydrogen-bond donors (Lipinski definition) is 3. The van der Waals surface area contributed by atoms with E-state index in [0.29, 0.717) is 53.3 Å². The Morgan fingerprint density at radius 2 is 2.07 bits per heavy atom. The van der Waals surface area contributed by atoms with Gasteiger partial charge in [-0.25, -0.2) is 14.8 Å². The second-order valence-corrected chi connectivity index (χ2v) is 6.98. The number of carboxylic acids is 1. The number of amides is 1. The molecule has 30 heavy (non-hydrogen) atoms. The van der Waals surface area contributed by atoms with E-state index in [4.69, 9.17) is 4.74 Å². The van der Waals surface area contributed by atoms with Crippen LogP contribution in [0.2, 0.25) is 0 Å². The summed E-state index contributed by atoms with van der Waals surface area (Å²) in [7, 11) is 0. The Balaban J connectivity index is 1.55. The standard InChI is InChI=1S/C21H21N5O4/c1-13(11-26-5-7-30-8-6-26)20(27)25-15-4-2-3-14(9-15)18-17-16(21(28)29)10-22-19(17)24-12-23-18/h2-4,9-10,12H,1,5-8,11H2,(H,25,27)(H,28,29)(H,22,23,24). The van der Waals surface area contributed by atoms with E-state index in [1.54, 1.807) is 24.3 Å². The summed E-state index contributed by atoms with van der Waals surface area (Å²) in [5, 5.41) is 12.7. The lowest BCUT2D eigenvalue weighted by atomic mass is 10.1. The molecule has 3 N–H and O–H groups in total. The summed E-state index contributed by atoms with van der Waals surface area (Å²) in [6, 6.07) is 7.09. The number of aromatic nitrogens is 3. The molecule has 1 amide bonds. The Bertz CT molecular complexity index is 1120. The molecule has 4 rings (SSSR count). The highest BCUT2D eigenvalue weighted by Crippen LogP contribution is 2.29. The van der Waals surface area contributed by atoms with Gasteiger partial charge in [-0.05, 0) is 12.1 Å². The van der Waals surface area contributed by atoms with E-state index in [0.717, 1.165) is 13.1 Å². The van der Waals surface area contributed by atoms with Crippen LogP contribution in [0.3, 0.4) is 0 Å². The monoisotopic (exact) mass is 407 g/mol. The van der Waals surface area contributed by atoms with E-state index in [9.17, 15) is 14.7 Å². The summed E-state index contributed by atoms with van der Waals surface area (Å²) in [5.41, 5.74) is 2.70. The third-order valence-electron chi connectivity index (χ3n) is 4.93. The zero-order valence-electron chi connectivity index (χ0n) is 16.2. The number of hydrogen-bond acceptors (Lipinski definition) is 6. The number of ether oxygens (including phenoxy) is 1. The fourth-order valence-electron chi connectivity index (χ4n) is 3.42. The molecule has 0 aliphatic carbocycles. The highest BCUT2D eigenvalue weighted by atomic mass is 16.5. The van der Waals surface area contributed by atoms with Crippen LogP contribution in [-0.4, -0.2) is 69.7 Å². The maximum absolute atomic E-state index is 12.6. The Kier molecular flexibility index (Phi) is 5.55. The Hall–Kier alpha value is -3.56. The Morgan fingerprint density at radius 3 is 2.83 bits per heavy atom. The number of nitrogens with one attached hydrogen (secondary N) is 2. The molecule has 0 atom stereocenters. The molecule has 0 bridgehead atoms. The average Bonchev–Trinajstić information content (AvgIpc) is 3.19. The number of rotatable bonds is 6. The van der Waals surface area contributed by atoms with Gasteiger partial charge in [0.2, 0.25) is 0 Å². The Labute approximate surface area is 172 Å². The molecule has 1 fully saturated rings. The summed E-state index contributed by atoms with van der Waals surface area (Å²) in [6.45, 7) is 7.24. The van der Waals surface area contributed by atoms with Crippen molar-refractivity contribution in [2.24, 2.45) is 0 Å². The van der Waals surface area contributed by atoms with Gasteiger partial charge in [-0.1, -0.05) is 18.7 Å². The molecule has 0 saturated carbocycles. The maximum Gasteiger partial charge on any atom is 0.338 e. The summed E-state index contributed by atoms with van der Waals surface area (Å²) < 4.78 is 5.32. The molecular formula is C21H21N5O4. The molecule has 1 aliphatic heterocycles. The zero-order chi connectivity index (χ0) is 21.1. The number of aromatic carboxylic acids is 1. The number of carboxylic acid groups (broad SMARTS) is 1. The van der Waals surface area contributed by atoms with Crippen molar-refractivity contribution in [3.8, 4) is 11.3 Å². The molecule has 1 aliphatic rings. The van der Waals surface area contributed by atoms with Crippen LogP contribution in [0.4, 0.5) is 5.69 Å². The average molecular weight is 407 g/mol. The van der Waals surface area contributed by atoms with E-state index in [-0.39, 0.29) is 11.5 Å². The van der Waals surface area contributed by atoms with Gasteiger partial charge in [-0.2, -0.15) is 0 Å². The number of H-pyrrole nitrogens is 1. The third kappa shape index (κ3) is 4.07. The topological polar surface area (TPSA) is 120 Å². The maximum atomic E-state index is 12.6. The molecule has 9 heteroatoms. The molecule has 1 saturated heterocycles. The summed E-state index contributed by atoms with van der Waals surface area (Å²) >= 11 is 0. The van der Waals surface area contributed by atoms with Crippen molar-refractivity contribution in [1.29, 1.82) is 0 Å². The van der Waals surface area contributed by atoms with Crippen LogP contribution in [0.1, 0.15) is 10.4 Å². The van der Waals surface area contributed by atoms with Crippen LogP contribution in [0.25, 0.3) is 22.3 Å². The van der Waals surface area contributed by atoms with Crippen LogP contribution >= 0.6 is 0 Å². The molecular weight excluding hydrogens is 386 g/mol. The van der Waals surface area contributed by atoms with E-state index in [1.807, 2.05) is 0 Å². The fraction of sp³-hybridized carbons (Fsp3) is 0.238. The van der Waals surface area contributed by atoms with Crippen molar-refractivity contribution in [3.05, 3.63) is 54.5 Å². The molecule has 3 heterocycles. The predicted octanol–water partition coefficient (Wildman–Crippen LogP) is 2.15. The van der Waals surface area contributed by atoms with Gasteiger partial charge in [0.25, 0.3) is 5.91 Å². The minimum absolute atomic E-state index is 0.0916. The van der Waals surface area contributed by atoms with Crippen molar-refractivity contribution in [1.82, 2.24) is 19.9 Å². The lowest BCUT2D eigenvalue weighted by Crippen LogP contribution is -2.38. The first-order valence-corrected chi connectivity index (χ1v) is 9.48.